The van der Waals surface area contributed by atoms with E-state index in [0.29, 0.717) is 6.17 Å². The fraction of sp³-hybridized carbons (Fsp3) is 0.520. The minimum absolute atomic E-state index is 0.00324. The molecule has 1 aliphatic heterocycles. The van der Waals surface area contributed by atoms with E-state index in [1.54, 1.807) is 0 Å². The molecule has 0 unspecified atom stereocenters. The third-order valence-corrected chi connectivity index (χ3v) is 11.2. The van der Waals surface area contributed by atoms with Crippen molar-refractivity contribution >= 4 is 30.5 Å². The highest BCUT2D eigenvalue weighted by Gasteiger charge is 2.48. The molecule has 1 atom stereocenters. The van der Waals surface area contributed by atoms with Crippen LogP contribution in [0.2, 0.25) is 12.6 Å². The molecular weight excluding hydrogens is 595 g/mol. The minimum atomic E-state index is -4.46. The van der Waals surface area contributed by atoms with Gasteiger partial charge in [-0.05, 0) is 45.9 Å². The first-order chi connectivity index (χ1) is 19.3. The van der Waals surface area contributed by atoms with Crippen molar-refractivity contribution < 1.29 is 36.2 Å². The number of aliphatic hydroxyl groups excluding tert-OH is 1. The first-order valence-corrected chi connectivity index (χ1v) is 17.4. The number of nitrogens with one attached hydrogen (secondary N) is 1. The second kappa shape index (κ2) is 11.0. The Hall–Kier alpha value is -3.44. The minimum Gasteiger partial charge on any atom is -0.476 e. The van der Waals surface area contributed by atoms with Gasteiger partial charge >= 0.3 is 6.18 Å². The molecule has 0 aromatic carbocycles. The van der Waals surface area contributed by atoms with Crippen LogP contribution in [0.5, 0.6) is 5.88 Å². The van der Waals surface area contributed by atoms with Crippen LogP contribution in [0.1, 0.15) is 43.7 Å². The number of halogens is 3. The number of hydrogen-bond acceptors (Lipinski definition) is 9. The van der Waals surface area contributed by atoms with Crippen LogP contribution < -0.4 is 14.4 Å². The molecule has 42 heavy (non-hydrogen) atoms. The molecule has 1 amide bonds. The lowest BCUT2D eigenvalue weighted by atomic mass is 9.94. The number of hydrogen-bond donors (Lipinski definition) is 2. The number of anilines is 1. The van der Waals surface area contributed by atoms with E-state index >= 15 is 0 Å². The van der Waals surface area contributed by atoms with Crippen molar-refractivity contribution in [2.24, 2.45) is 12.5 Å². The van der Waals surface area contributed by atoms with Gasteiger partial charge in [0, 0.05) is 37.2 Å². The normalized spacial score (nSPS) is 17.5. The van der Waals surface area contributed by atoms with Crippen LogP contribution in [0.3, 0.4) is 0 Å². The van der Waals surface area contributed by atoms with E-state index < -0.39 is 49.5 Å². The van der Waals surface area contributed by atoms with Crippen LogP contribution in [0, 0.1) is 5.41 Å². The molecule has 3 aromatic heterocycles. The van der Waals surface area contributed by atoms with Crippen molar-refractivity contribution in [3.05, 3.63) is 41.9 Å². The number of ether oxygens (including phenoxy) is 1. The first-order valence-electron chi connectivity index (χ1n) is 13.1. The van der Waals surface area contributed by atoms with Gasteiger partial charge in [-0.15, -0.1) is 5.10 Å². The number of alkyl halides is 3. The van der Waals surface area contributed by atoms with Crippen molar-refractivity contribution in [1.29, 1.82) is 0 Å². The molecule has 1 fully saturated rings. The van der Waals surface area contributed by atoms with E-state index in [-0.39, 0.29) is 39.2 Å². The summed E-state index contributed by atoms with van der Waals surface area (Å²) in [6, 6.07) is 5.20. The molecule has 2 N–H and O–H groups in total. The van der Waals surface area contributed by atoms with Gasteiger partial charge in [-0.25, -0.2) is 22.8 Å². The summed E-state index contributed by atoms with van der Waals surface area (Å²) >= 11 is 0. The lowest BCUT2D eigenvalue weighted by Gasteiger charge is -2.34. The molecule has 230 valence electrons. The number of pyridine rings is 1. The summed E-state index contributed by atoms with van der Waals surface area (Å²) in [7, 11) is -4.12. The molecule has 12 nitrogen and oxygen atoms in total. The Morgan fingerprint density at radius 2 is 1.90 bits per heavy atom. The van der Waals surface area contributed by atoms with Gasteiger partial charge in [0.2, 0.25) is 5.88 Å². The molecule has 1 aliphatic rings. The number of amides is 1. The van der Waals surface area contributed by atoms with Crippen LogP contribution in [-0.2, 0) is 23.7 Å². The predicted octanol–water partition coefficient (Wildman–Crippen LogP) is 2.57. The summed E-state index contributed by atoms with van der Waals surface area (Å²) in [4.78, 5) is 19.8. The highest BCUT2D eigenvalue weighted by Crippen LogP contribution is 2.38. The quantitative estimate of drug-likeness (QED) is 0.341. The van der Waals surface area contributed by atoms with Gasteiger partial charge in [0.25, 0.3) is 15.9 Å². The molecule has 0 aliphatic carbocycles. The predicted molar refractivity (Wildman–Crippen MR) is 150 cm³/mol. The number of carbonyl (C=O) groups excluding carboxylic acids is 1. The van der Waals surface area contributed by atoms with Crippen molar-refractivity contribution in [2.75, 3.05) is 17.7 Å². The number of aromatic nitrogens is 5. The highest BCUT2D eigenvalue weighted by molar-refractivity contribution is 7.90. The Morgan fingerprint density at radius 3 is 2.50 bits per heavy atom. The fourth-order valence-corrected chi connectivity index (χ4v) is 9.35. The molecule has 0 bridgehead atoms. The number of sulfonamides is 1. The largest absolute Gasteiger partial charge is 0.476 e. The van der Waals surface area contributed by atoms with E-state index in [1.165, 1.54) is 47.0 Å². The van der Waals surface area contributed by atoms with E-state index in [9.17, 15) is 31.5 Å². The lowest BCUT2D eigenvalue weighted by Crippen LogP contribution is -2.41. The summed E-state index contributed by atoms with van der Waals surface area (Å²) in [5.74, 6) is -0.470. The summed E-state index contributed by atoms with van der Waals surface area (Å²) in [6.07, 6.45) is -1.13. The Kier molecular flexibility index (Phi) is 8.25. The third-order valence-electron chi connectivity index (χ3n) is 7.11. The maximum Gasteiger partial charge on any atom is 0.397 e. The van der Waals surface area contributed by atoms with E-state index in [4.69, 9.17) is 4.74 Å². The topological polar surface area (TPSA) is 144 Å². The van der Waals surface area contributed by atoms with Crippen LogP contribution in [0.25, 0.3) is 5.82 Å². The van der Waals surface area contributed by atoms with E-state index in [2.05, 4.69) is 26.5 Å². The second-order valence-corrected chi connectivity index (χ2v) is 16.4. The Bertz CT molecular complexity index is 1590. The molecule has 3 aromatic rings. The van der Waals surface area contributed by atoms with Crippen molar-refractivity contribution in [3.63, 3.8) is 0 Å². The molecule has 1 saturated heterocycles. The third kappa shape index (κ3) is 6.31. The van der Waals surface area contributed by atoms with E-state index in [1.807, 2.05) is 18.7 Å². The van der Waals surface area contributed by atoms with Crippen molar-refractivity contribution in [2.45, 2.75) is 63.5 Å². The Morgan fingerprint density at radius 1 is 1.21 bits per heavy atom. The zero-order valence-corrected chi connectivity index (χ0v) is 26.1. The van der Waals surface area contributed by atoms with Gasteiger partial charge in [0.05, 0.1) is 26.4 Å². The fourth-order valence-electron chi connectivity index (χ4n) is 4.84. The number of carbonyl (C=O) groups is 1. The molecule has 0 saturated carbocycles. The van der Waals surface area contributed by atoms with Crippen molar-refractivity contribution in [1.82, 2.24) is 29.3 Å². The lowest BCUT2D eigenvalue weighted by molar-refractivity contribution is -0.219. The molecule has 0 radical (unpaired) electrons. The first kappa shape index (κ1) is 31.5. The molecule has 17 heteroatoms. The molecule has 4 rings (SSSR count). The molecule has 0 spiro atoms. The summed E-state index contributed by atoms with van der Waals surface area (Å²) in [5.41, 5.74) is -2.57. The van der Waals surface area contributed by atoms with Gasteiger partial charge in [-0.3, -0.25) is 9.48 Å². The second-order valence-electron chi connectivity index (χ2n) is 11.7. The summed E-state index contributed by atoms with van der Waals surface area (Å²) < 4.78 is 75.8. The van der Waals surface area contributed by atoms with Gasteiger partial charge in [0.15, 0.2) is 5.82 Å². The Labute approximate surface area is 243 Å². The van der Waals surface area contributed by atoms with Gasteiger partial charge in [-0.2, -0.15) is 18.3 Å². The van der Waals surface area contributed by atoms with Gasteiger partial charge < -0.3 is 14.7 Å². The van der Waals surface area contributed by atoms with Crippen LogP contribution in [0.4, 0.5) is 19.0 Å². The Balaban J connectivity index is 1.68. The van der Waals surface area contributed by atoms with E-state index in [0.717, 1.165) is 19.9 Å². The average molecular weight is 630 g/mol. The smallest absolute Gasteiger partial charge is 0.397 e. The SMILES string of the molecule is Cn1cc(S(=O)(=O)NC(=O)c2ccc(-n3ccc(OCC(C)(C)C(F)(F)F)n3)nc2N2C[Si@@H](C)CC2(C)C)c(CO)n1. The van der Waals surface area contributed by atoms with Gasteiger partial charge in [0.1, 0.15) is 23.0 Å². The average Bonchev–Trinajstić information content (AvgIpc) is 3.57. The number of aliphatic hydroxyl groups is 1. The zero-order chi connectivity index (χ0) is 31.3. The maximum absolute atomic E-state index is 13.5. The highest BCUT2D eigenvalue weighted by atomic mass is 32.2. The zero-order valence-electron chi connectivity index (χ0n) is 24.1. The standard InChI is InChI=1S/C25H34F3N7O5SSi/c1-23(2,25(26,27)28)13-40-20-9-10-35(31-20)19-8-7-16(21(29-19)34-15-42(6)14-24(34,3)4)22(37)32-41(38,39)18-11-33(5)30-17(18)12-36/h7-11,36,42H,12-15H2,1-6H3,(H,32,37)/t42-/m0/s1. The number of nitrogens with zero attached hydrogens (tertiary/aromatic N) is 6. The molecular formula is C25H34F3N7O5SSi. The number of rotatable bonds is 9. The van der Waals surface area contributed by atoms with Crippen LogP contribution in [-0.4, -0.2) is 77.3 Å². The van der Waals surface area contributed by atoms with Crippen LogP contribution in [0.15, 0.2) is 35.5 Å². The maximum atomic E-state index is 13.5. The molecule has 4 heterocycles. The van der Waals surface area contributed by atoms with Crippen LogP contribution >= 0.6 is 0 Å². The number of aryl methyl sites for hydroxylation is 1. The summed E-state index contributed by atoms with van der Waals surface area (Å²) in [5, 5.41) is 17.7. The monoisotopic (exact) mass is 629 g/mol. The summed E-state index contributed by atoms with van der Waals surface area (Å²) in [6.45, 7) is 7.00. The van der Waals surface area contributed by atoms with Gasteiger partial charge in [-0.1, -0.05) is 6.55 Å². The van der Waals surface area contributed by atoms with Crippen molar-refractivity contribution in [3.8, 4) is 11.7 Å².